The van der Waals surface area contributed by atoms with Crippen molar-refractivity contribution in [1.82, 2.24) is 10.2 Å². The van der Waals surface area contributed by atoms with Crippen LogP contribution < -0.4 is 14.8 Å². The minimum atomic E-state index is 0.297. The number of rotatable bonds is 7. The van der Waals surface area contributed by atoms with Crippen molar-refractivity contribution in [3.8, 4) is 11.5 Å². The van der Waals surface area contributed by atoms with E-state index in [1.165, 1.54) is 37.7 Å². The minimum absolute atomic E-state index is 0.297. The highest BCUT2D eigenvalue weighted by molar-refractivity contribution is 5.38. The predicted molar refractivity (Wildman–Crippen MR) is 99.5 cm³/mol. The second kappa shape index (κ2) is 8.88. The molecule has 0 aromatic heterocycles. The fraction of sp³-hybridized carbons (Fsp3) is 0.700. The van der Waals surface area contributed by atoms with Gasteiger partial charge in [-0.15, -0.1) is 0 Å². The molecule has 1 saturated heterocycles. The van der Waals surface area contributed by atoms with Crippen molar-refractivity contribution in [2.45, 2.75) is 44.2 Å². The second-order valence-corrected chi connectivity index (χ2v) is 7.21. The molecule has 1 aliphatic carbocycles. The van der Waals surface area contributed by atoms with Gasteiger partial charge in [0.1, 0.15) is 11.5 Å². The maximum atomic E-state index is 5.57. The quantitative estimate of drug-likeness (QED) is 0.821. The van der Waals surface area contributed by atoms with Gasteiger partial charge in [0.25, 0.3) is 0 Å². The van der Waals surface area contributed by atoms with Crippen molar-refractivity contribution in [2.75, 3.05) is 47.1 Å². The lowest BCUT2D eigenvalue weighted by Crippen LogP contribution is -2.59. The monoisotopic (exact) mass is 348 g/mol. The molecule has 1 aliphatic heterocycles. The molecule has 1 aromatic rings. The van der Waals surface area contributed by atoms with Gasteiger partial charge in [0.05, 0.1) is 27.4 Å². The Hall–Kier alpha value is -1.30. The van der Waals surface area contributed by atoms with Crippen LogP contribution >= 0.6 is 0 Å². The summed E-state index contributed by atoms with van der Waals surface area (Å²) < 4.78 is 16.3. The zero-order valence-corrected chi connectivity index (χ0v) is 15.7. The van der Waals surface area contributed by atoms with Crippen LogP contribution in [0.25, 0.3) is 0 Å². The summed E-state index contributed by atoms with van der Waals surface area (Å²) in [5, 5.41) is 3.72. The smallest absolute Gasteiger partial charge is 0.122 e. The van der Waals surface area contributed by atoms with E-state index < -0.39 is 0 Å². The maximum Gasteiger partial charge on any atom is 0.122 e. The first-order valence-corrected chi connectivity index (χ1v) is 9.51. The van der Waals surface area contributed by atoms with Gasteiger partial charge in [0.15, 0.2) is 0 Å². The van der Waals surface area contributed by atoms with E-state index in [1.54, 1.807) is 14.2 Å². The van der Waals surface area contributed by atoms with E-state index in [0.717, 1.165) is 50.9 Å². The predicted octanol–water partition coefficient (Wildman–Crippen LogP) is 2.83. The van der Waals surface area contributed by atoms with Crippen LogP contribution in [0.15, 0.2) is 18.2 Å². The number of nitrogens with one attached hydrogen (secondary N) is 1. The minimum Gasteiger partial charge on any atom is -0.497 e. The Bertz CT molecular complexity index is 515. The molecular formula is C20H32N2O3. The van der Waals surface area contributed by atoms with Gasteiger partial charge < -0.3 is 19.5 Å². The molecule has 1 heterocycles. The topological polar surface area (TPSA) is 43.0 Å². The fourth-order valence-corrected chi connectivity index (χ4v) is 4.26. The largest absolute Gasteiger partial charge is 0.497 e. The summed E-state index contributed by atoms with van der Waals surface area (Å²) in [6.45, 7) is 5.74. The summed E-state index contributed by atoms with van der Waals surface area (Å²) in [6.07, 6.45) is 6.64. The molecule has 0 unspecified atom stereocenters. The molecule has 0 bridgehead atoms. The van der Waals surface area contributed by atoms with Crippen LogP contribution in [-0.4, -0.2) is 57.5 Å². The first-order valence-electron chi connectivity index (χ1n) is 9.51. The van der Waals surface area contributed by atoms with Crippen molar-refractivity contribution in [3.63, 3.8) is 0 Å². The number of morpholine rings is 1. The van der Waals surface area contributed by atoms with Crippen LogP contribution in [0.3, 0.4) is 0 Å². The first kappa shape index (κ1) is 18.5. The Balaban J connectivity index is 1.63. The number of hydrogen-bond acceptors (Lipinski definition) is 5. The lowest BCUT2D eigenvalue weighted by Gasteiger charge is -2.48. The zero-order valence-electron chi connectivity index (χ0n) is 15.7. The van der Waals surface area contributed by atoms with Crippen LogP contribution in [0.5, 0.6) is 11.5 Å². The van der Waals surface area contributed by atoms with E-state index in [4.69, 9.17) is 14.2 Å². The first-order chi connectivity index (χ1) is 12.3. The second-order valence-electron chi connectivity index (χ2n) is 7.21. The van der Waals surface area contributed by atoms with Crippen molar-refractivity contribution in [2.24, 2.45) is 0 Å². The Morgan fingerprint density at radius 2 is 1.64 bits per heavy atom. The Kier molecular flexibility index (Phi) is 6.57. The fourth-order valence-electron chi connectivity index (χ4n) is 4.26. The molecule has 1 saturated carbocycles. The van der Waals surface area contributed by atoms with Crippen molar-refractivity contribution in [3.05, 3.63) is 23.8 Å². The molecule has 0 radical (unpaired) electrons. The molecule has 0 atom stereocenters. The third-order valence-corrected chi connectivity index (χ3v) is 5.66. The van der Waals surface area contributed by atoms with Crippen LogP contribution in [-0.2, 0) is 11.3 Å². The van der Waals surface area contributed by atoms with Crippen LogP contribution in [0.1, 0.15) is 37.7 Å². The molecule has 2 aliphatic rings. The average molecular weight is 348 g/mol. The Morgan fingerprint density at radius 3 is 2.24 bits per heavy atom. The summed E-state index contributed by atoms with van der Waals surface area (Å²) in [6, 6.07) is 6.08. The molecule has 1 N–H and O–H groups in total. The van der Waals surface area contributed by atoms with Crippen LogP contribution in [0, 0.1) is 0 Å². The number of nitrogens with zero attached hydrogens (tertiary/aromatic N) is 1. The highest BCUT2D eigenvalue weighted by Crippen LogP contribution is 2.34. The average Bonchev–Trinajstić information content (AvgIpc) is 2.69. The number of benzene rings is 1. The molecule has 140 valence electrons. The molecule has 5 nitrogen and oxygen atoms in total. The van der Waals surface area contributed by atoms with Gasteiger partial charge in [-0.25, -0.2) is 0 Å². The maximum absolute atomic E-state index is 5.57. The van der Waals surface area contributed by atoms with E-state index in [2.05, 4.69) is 22.3 Å². The molecule has 2 fully saturated rings. The van der Waals surface area contributed by atoms with Gasteiger partial charge in [-0.3, -0.25) is 4.90 Å². The van der Waals surface area contributed by atoms with Crippen molar-refractivity contribution < 1.29 is 14.2 Å². The van der Waals surface area contributed by atoms with Crippen molar-refractivity contribution >= 4 is 0 Å². The normalized spacial score (nSPS) is 21.0. The molecule has 25 heavy (non-hydrogen) atoms. The highest BCUT2D eigenvalue weighted by atomic mass is 16.5. The summed E-state index contributed by atoms with van der Waals surface area (Å²) in [5.41, 5.74) is 1.49. The van der Waals surface area contributed by atoms with E-state index in [0.29, 0.717) is 5.54 Å². The van der Waals surface area contributed by atoms with E-state index in [-0.39, 0.29) is 0 Å². The number of hydrogen-bond donors (Lipinski definition) is 1. The molecule has 0 amide bonds. The van der Waals surface area contributed by atoms with Gasteiger partial charge in [0, 0.05) is 37.8 Å². The third kappa shape index (κ3) is 4.66. The molecular weight excluding hydrogens is 316 g/mol. The van der Waals surface area contributed by atoms with E-state index in [1.807, 2.05) is 6.07 Å². The number of ether oxygens (including phenoxy) is 3. The van der Waals surface area contributed by atoms with Gasteiger partial charge in [-0.2, -0.15) is 0 Å². The summed E-state index contributed by atoms with van der Waals surface area (Å²) in [4.78, 5) is 2.68. The van der Waals surface area contributed by atoms with Gasteiger partial charge in [-0.1, -0.05) is 19.3 Å². The van der Waals surface area contributed by atoms with Gasteiger partial charge >= 0.3 is 0 Å². The Labute approximate surface area is 151 Å². The van der Waals surface area contributed by atoms with Crippen LogP contribution in [0.2, 0.25) is 0 Å². The molecule has 1 aromatic carbocycles. The summed E-state index contributed by atoms with van der Waals surface area (Å²) >= 11 is 0. The Morgan fingerprint density at radius 1 is 1.00 bits per heavy atom. The van der Waals surface area contributed by atoms with Gasteiger partial charge in [0.2, 0.25) is 0 Å². The lowest BCUT2D eigenvalue weighted by molar-refractivity contribution is -0.0369. The summed E-state index contributed by atoms with van der Waals surface area (Å²) in [7, 11) is 3.39. The molecule has 5 heteroatoms. The molecule has 0 spiro atoms. The third-order valence-electron chi connectivity index (χ3n) is 5.66. The number of methoxy groups -OCH3 is 2. The standard InChI is InChI=1S/C20H32N2O3/c1-23-18-12-17(13-19(14-18)24-2)15-21-16-20(6-4-3-5-7-20)22-8-10-25-11-9-22/h12-14,21H,3-11,15-16H2,1-2H3. The van der Waals surface area contributed by atoms with Crippen molar-refractivity contribution in [1.29, 1.82) is 0 Å². The lowest BCUT2D eigenvalue weighted by atomic mass is 9.79. The summed E-state index contributed by atoms with van der Waals surface area (Å²) in [5.74, 6) is 1.69. The van der Waals surface area contributed by atoms with Gasteiger partial charge in [-0.05, 0) is 30.5 Å². The molecule has 3 rings (SSSR count). The van der Waals surface area contributed by atoms with E-state index in [9.17, 15) is 0 Å². The zero-order chi connectivity index (χ0) is 17.5. The SMILES string of the molecule is COc1cc(CNCC2(N3CCOCC3)CCCCC2)cc(OC)c1. The van der Waals surface area contributed by atoms with Crippen LogP contribution in [0.4, 0.5) is 0 Å². The highest BCUT2D eigenvalue weighted by Gasteiger charge is 2.38. The van der Waals surface area contributed by atoms with E-state index >= 15 is 0 Å².